The molecule has 3 N–H and O–H groups in total. The van der Waals surface area contributed by atoms with E-state index in [1.807, 2.05) is 13.8 Å². The highest BCUT2D eigenvalue weighted by molar-refractivity contribution is 5.89. The number of benzene rings is 1. The highest BCUT2D eigenvalue weighted by atomic mass is 19.1. The van der Waals surface area contributed by atoms with Crippen LogP contribution in [0, 0.1) is 11.6 Å². The average Bonchev–Trinajstić information content (AvgIpc) is 2.75. The van der Waals surface area contributed by atoms with Gasteiger partial charge < -0.3 is 20.3 Å². The van der Waals surface area contributed by atoms with Crippen LogP contribution >= 0.6 is 0 Å². The molecule has 2 atom stereocenters. The first-order valence-corrected chi connectivity index (χ1v) is 11.0. The SMILES string of the molecule is CC(C)c1c(C(C)(C)O)cnc2ccc(-c3nc(N[C@@H]4CCOC[C@H]4O)ncc3F)c(F)c12. The lowest BCUT2D eigenvalue weighted by atomic mass is 9.86. The van der Waals surface area contributed by atoms with Crippen LogP contribution in [-0.4, -0.2) is 50.5 Å². The van der Waals surface area contributed by atoms with Gasteiger partial charge in [-0.15, -0.1) is 0 Å². The second-order valence-corrected chi connectivity index (χ2v) is 9.19. The van der Waals surface area contributed by atoms with Crippen LogP contribution in [0.2, 0.25) is 0 Å². The van der Waals surface area contributed by atoms with Gasteiger partial charge in [-0.1, -0.05) is 13.8 Å². The van der Waals surface area contributed by atoms with Crippen molar-refractivity contribution in [3.05, 3.63) is 47.3 Å². The number of nitrogens with zero attached hydrogens (tertiary/aromatic N) is 3. The molecule has 1 aromatic carbocycles. The molecule has 4 rings (SSSR count). The van der Waals surface area contributed by atoms with Gasteiger partial charge in [0.2, 0.25) is 5.95 Å². The van der Waals surface area contributed by atoms with Crippen molar-refractivity contribution in [1.82, 2.24) is 15.0 Å². The molecule has 9 heteroatoms. The predicted octanol–water partition coefficient (Wildman–Crippen LogP) is 3.88. The maximum absolute atomic E-state index is 16.0. The Labute approximate surface area is 190 Å². The van der Waals surface area contributed by atoms with Gasteiger partial charge in [-0.25, -0.2) is 18.7 Å². The smallest absolute Gasteiger partial charge is 0.223 e. The number of aromatic nitrogens is 3. The van der Waals surface area contributed by atoms with Gasteiger partial charge in [-0.3, -0.25) is 4.98 Å². The van der Waals surface area contributed by atoms with Crippen LogP contribution < -0.4 is 5.32 Å². The highest BCUT2D eigenvalue weighted by Gasteiger charge is 2.28. The third-order valence-corrected chi connectivity index (χ3v) is 5.89. The lowest BCUT2D eigenvalue weighted by molar-refractivity contribution is -0.0136. The van der Waals surface area contributed by atoms with Crippen molar-refractivity contribution in [2.75, 3.05) is 18.5 Å². The molecule has 1 aliphatic rings. The van der Waals surface area contributed by atoms with E-state index in [-0.39, 0.29) is 41.2 Å². The molecule has 1 aliphatic heterocycles. The molecule has 3 aromatic rings. The van der Waals surface area contributed by atoms with Crippen LogP contribution in [-0.2, 0) is 10.3 Å². The van der Waals surface area contributed by atoms with Crippen LogP contribution in [0.25, 0.3) is 22.2 Å². The molecule has 0 saturated carbocycles. The molecule has 176 valence electrons. The Hall–Kier alpha value is -2.75. The average molecular weight is 459 g/mol. The van der Waals surface area contributed by atoms with Crippen LogP contribution in [0.4, 0.5) is 14.7 Å². The Morgan fingerprint density at radius 1 is 1.18 bits per heavy atom. The zero-order valence-corrected chi connectivity index (χ0v) is 19.1. The fraction of sp³-hybridized carbons (Fsp3) is 0.458. The number of aliphatic hydroxyl groups excluding tert-OH is 1. The van der Waals surface area contributed by atoms with Crippen LogP contribution in [0.5, 0.6) is 0 Å². The minimum atomic E-state index is -1.23. The number of hydrogen-bond acceptors (Lipinski definition) is 7. The topological polar surface area (TPSA) is 100 Å². The molecule has 0 radical (unpaired) electrons. The Morgan fingerprint density at radius 2 is 1.94 bits per heavy atom. The van der Waals surface area contributed by atoms with Gasteiger partial charge in [0, 0.05) is 29.3 Å². The number of halogens is 2. The Balaban J connectivity index is 1.85. The normalized spacial score (nSPS) is 19.3. The first-order chi connectivity index (χ1) is 15.6. The summed E-state index contributed by atoms with van der Waals surface area (Å²) in [6.45, 7) is 7.70. The number of aliphatic hydroxyl groups is 2. The molecule has 1 fully saturated rings. The molecule has 3 heterocycles. The molecule has 0 unspecified atom stereocenters. The van der Waals surface area contributed by atoms with Crippen molar-refractivity contribution in [3.8, 4) is 11.3 Å². The Kier molecular flexibility index (Phi) is 6.30. The first-order valence-electron chi connectivity index (χ1n) is 11.0. The predicted molar refractivity (Wildman–Crippen MR) is 121 cm³/mol. The first kappa shape index (κ1) is 23.4. The minimum Gasteiger partial charge on any atom is -0.389 e. The molecule has 0 spiro atoms. The number of nitrogens with one attached hydrogen (secondary N) is 1. The van der Waals surface area contributed by atoms with E-state index in [0.29, 0.717) is 29.7 Å². The third kappa shape index (κ3) is 4.53. The van der Waals surface area contributed by atoms with Gasteiger partial charge in [-0.05, 0) is 43.9 Å². The summed E-state index contributed by atoms with van der Waals surface area (Å²) in [5.74, 6) is -1.47. The number of pyridine rings is 1. The van der Waals surface area contributed by atoms with Gasteiger partial charge in [0.25, 0.3) is 0 Å². The number of rotatable bonds is 5. The van der Waals surface area contributed by atoms with Gasteiger partial charge in [0.1, 0.15) is 11.5 Å². The van der Waals surface area contributed by atoms with Crippen LogP contribution in [0.1, 0.15) is 51.2 Å². The summed E-state index contributed by atoms with van der Waals surface area (Å²) in [7, 11) is 0. The molecule has 0 aliphatic carbocycles. The summed E-state index contributed by atoms with van der Waals surface area (Å²) in [5, 5.41) is 24.0. The zero-order chi connectivity index (χ0) is 23.9. The molecule has 0 bridgehead atoms. The van der Waals surface area contributed by atoms with Crippen molar-refractivity contribution in [1.29, 1.82) is 0 Å². The molecule has 7 nitrogen and oxygen atoms in total. The zero-order valence-electron chi connectivity index (χ0n) is 19.1. The van der Waals surface area contributed by atoms with Gasteiger partial charge in [-0.2, -0.15) is 0 Å². The van der Waals surface area contributed by atoms with E-state index in [1.165, 1.54) is 6.07 Å². The Bertz CT molecular complexity index is 1180. The largest absolute Gasteiger partial charge is 0.389 e. The molecule has 1 saturated heterocycles. The summed E-state index contributed by atoms with van der Waals surface area (Å²) >= 11 is 0. The van der Waals surface area contributed by atoms with E-state index in [2.05, 4.69) is 20.3 Å². The minimum absolute atomic E-state index is 0.0328. The summed E-state index contributed by atoms with van der Waals surface area (Å²) in [5.41, 5.74) is 0.0768. The number of hydrogen-bond donors (Lipinski definition) is 3. The van der Waals surface area contributed by atoms with Crippen molar-refractivity contribution in [3.63, 3.8) is 0 Å². The number of fused-ring (bicyclic) bond motifs is 1. The molecule has 33 heavy (non-hydrogen) atoms. The molecule has 2 aromatic heterocycles. The quantitative estimate of drug-likeness (QED) is 0.533. The summed E-state index contributed by atoms with van der Waals surface area (Å²) in [6, 6.07) is 2.70. The van der Waals surface area contributed by atoms with Crippen LogP contribution in [0.15, 0.2) is 24.5 Å². The van der Waals surface area contributed by atoms with E-state index in [4.69, 9.17) is 4.74 Å². The van der Waals surface area contributed by atoms with Crippen molar-refractivity contribution >= 4 is 16.9 Å². The monoisotopic (exact) mass is 458 g/mol. The Morgan fingerprint density at radius 3 is 2.61 bits per heavy atom. The van der Waals surface area contributed by atoms with Gasteiger partial charge >= 0.3 is 0 Å². The van der Waals surface area contributed by atoms with Gasteiger partial charge in [0.05, 0.1) is 36.1 Å². The van der Waals surface area contributed by atoms with E-state index in [9.17, 15) is 14.6 Å². The van der Waals surface area contributed by atoms with Crippen molar-refractivity contribution in [2.45, 2.75) is 57.8 Å². The fourth-order valence-electron chi connectivity index (χ4n) is 4.22. The van der Waals surface area contributed by atoms with E-state index in [1.54, 1.807) is 26.1 Å². The third-order valence-electron chi connectivity index (χ3n) is 5.89. The maximum atomic E-state index is 16.0. The van der Waals surface area contributed by atoms with Crippen molar-refractivity contribution < 1.29 is 23.7 Å². The summed E-state index contributed by atoms with van der Waals surface area (Å²) < 4.78 is 35.9. The van der Waals surface area contributed by atoms with E-state index >= 15 is 4.39 Å². The van der Waals surface area contributed by atoms with Gasteiger partial charge in [0.15, 0.2) is 5.82 Å². The lowest BCUT2D eigenvalue weighted by Crippen LogP contribution is -2.42. The molecule has 0 amide bonds. The number of anilines is 1. The fourth-order valence-corrected chi connectivity index (χ4v) is 4.22. The molecular formula is C24H28F2N4O3. The van der Waals surface area contributed by atoms with E-state index in [0.717, 1.165) is 6.20 Å². The highest BCUT2D eigenvalue weighted by Crippen LogP contribution is 2.38. The standard InChI is InChI=1S/C24H28F2N4O3/c1-12(2)19-14(24(3,4)32)9-27-17-6-5-13(21(26)20(17)19)22-15(25)10-28-23(30-22)29-16-7-8-33-11-18(16)31/h5-6,9-10,12,16,18,31-32H,7-8,11H2,1-4H3,(H,28,29,30)/t16-,18-/m1/s1. The summed E-state index contributed by atoms with van der Waals surface area (Å²) in [6.07, 6.45) is 2.32. The maximum Gasteiger partial charge on any atom is 0.223 e. The second kappa shape index (κ2) is 8.89. The van der Waals surface area contributed by atoms with Crippen molar-refractivity contribution in [2.24, 2.45) is 0 Å². The lowest BCUT2D eigenvalue weighted by Gasteiger charge is -2.28. The van der Waals surface area contributed by atoms with E-state index < -0.39 is 23.3 Å². The summed E-state index contributed by atoms with van der Waals surface area (Å²) in [4.78, 5) is 12.5. The van der Waals surface area contributed by atoms with Crippen LogP contribution in [0.3, 0.4) is 0 Å². The number of ether oxygens (including phenoxy) is 1. The molecular weight excluding hydrogens is 430 g/mol. The second-order valence-electron chi connectivity index (χ2n) is 9.19.